The molecule has 1 aromatic carbocycles. The first-order valence-corrected chi connectivity index (χ1v) is 11.0. The van der Waals surface area contributed by atoms with Gasteiger partial charge in [-0.1, -0.05) is 26.8 Å². The molecule has 0 spiro atoms. The number of ether oxygens (including phenoxy) is 1. The lowest BCUT2D eigenvalue weighted by molar-refractivity contribution is -0.384. The van der Waals surface area contributed by atoms with E-state index < -0.39 is 5.60 Å². The van der Waals surface area contributed by atoms with E-state index in [9.17, 15) is 14.9 Å². The van der Waals surface area contributed by atoms with Gasteiger partial charge in [0.05, 0.1) is 11.0 Å². The van der Waals surface area contributed by atoms with Crippen molar-refractivity contribution in [2.45, 2.75) is 85.5 Å². The summed E-state index contributed by atoms with van der Waals surface area (Å²) < 4.78 is 5.50. The number of anilines is 1. The minimum absolute atomic E-state index is 0.0459. The van der Waals surface area contributed by atoms with Crippen LogP contribution in [0.4, 0.5) is 16.2 Å². The second-order valence-electron chi connectivity index (χ2n) is 10.4. The summed E-state index contributed by atoms with van der Waals surface area (Å²) in [6, 6.07) is 5.49. The van der Waals surface area contributed by atoms with Crippen LogP contribution in [0.2, 0.25) is 0 Å². The number of nitro benzene ring substituents is 1. The van der Waals surface area contributed by atoms with Gasteiger partial charge in [-0.2, -0.15) is 0 Å². The molecular formula is C23H38N4O4. The summed E-state index contributed by atoms with van der Waals surface area (Å²) in [5, 5.41) is 18.3. The SMILES string of the molecule is C[C@H](NCc1ccc(NCC2CCCN2C(=O)OC(C)(C)C)c([N+](=O)[O-])c1)C(C)(C)C. The minimum atomic E-state index is -0.551. The van der Waals surface area contributed by atoms with Crippen molar-refractivity contribution < 1.29 is 14.5 Å². The molecule has 1 heterocycles. The van der Waals surface area contributed by atoms with Gasteiger partial charge < -0.3 is 20.3 Å². The predicted molar refractivity (Wildman–Crippen MR) is 123 cm³/mol. The standard InChI is InChI=1S/C23H38N4O4/c1-16(22(2,3)4)24-14-17-10-11-19(20(13-17)27(29)30)25-15-18-9-8-12-26(18)21(28)31-23(5,6)7/h10-11,13,16,18,24-25H,8-9,12,14-15H2,1-7H3/t16-,18?/m0/s1. The number of rotatable bonds is 7. The first kappa shape index (κ1) is 24.9. The Morgan fingerprint density at radius 3 is 2.55 bits per heavy atom. The van der Waals surface area contributed by atoms with Gasteiger partial charge in [0.25, 0.3) is 5.69 Å². The van der Waals surface area contributed by atoms with Crippen molar-refractivity contribution in [3.05, 3.63) is 33.9 Å². The fourth-order valence-corrected chi connectivity index (χ4v) is 3.40. The van der Waals surface area contributed by atoms with Gasteiger partial charge >= 0.3 is 6.09 Å². The molecule has 0 bridgehead atoms. The topological polar surface area (TPSA) is 96.7 Å². The molecular weight excluding hydrogens is 396 g/mol. The number of nitro groups is 1. The number of likely N-dealkylation sites (tertiary alicyclic amines) is 1. The normalized spacial score (nSPS) is 18.0. The van der Waals surface area contributed by atoms with Crippen molar-refractivity contribution in [2.75, 3.05) is 18.4 Å². The highest BCUT2D eigenvalue weighted by molar-refractivity contribution is 5.69. The van der Waals surface area contributed by atoms with Gasteiger partial charge in [0.15, 0.2) is 0 Å². The second-order valence-corrected chi connectivity index (χ2v) is 10.4. The maximum atomic E-state index is 12.5. The molecule has 1 aromatic rings. The molecule has 1 saturated heterocycles. The molecule has 174 valence electrons. The van der Waals surface area contributed by atoms with Crippen LogP contribution in [0.25, 0.3) is 0 Å². The first-order chi connectivity index (χ1) is 14.3. The zero-order chi connectivity index (χ0) is 23.4. The molecule has 1 unspecified atom stereocenters. The van der Waals surface area contributed by atoms with Crippen molar-refractivity contribution >= 4 is 17.5 Å². The summed E-state index contributed by atoms with van der Waals surface area (Å²) in [5.74, 6) is 0. The Kier molecular flexibility index (Phi) is 7.92. The summed E-state index contributed by atoms with van der Waals surface area (Å²) in [4.78, 5) is 25.5. The molecule has 0 saturated carbocycles. The van der Waals surface area contributed by atoms with E-state index in [2.05, 4.69) is 38.3 Å². The molecule has 8 heteroatoms. The van der Waals surface area contributed by atoms with E-state index in [0.29, 0.717) is 25.3 Å². The maximum Gasteiger partial charge on any atom is 0.410 e. The molecule has 1 fully saturated rings. The van der Waals surface area contributed by atoms with Gasteiger partial charge in [0.2, 0.25) is 0 Å². The van der Waals surface area contributed by atoms with E-state index >= 15 is 0 Å². The van der Waals surface area contributed by atoms with Crippen LogP contribution >= 0.6 is 0 Å². The highest BCUT2D eigenvalue weighted by atomic mass is 16.6. The molecule has 1 aliphatic rings. The Morgan fingerprint density at radius 2 is 1.97 bits per heavy atom. The van der Waals surface area contributed by atoms with Gasteiger partial charge in [-0.05, 0) is 57.6 Å². The number of benzene rings is 1. The molecule has 0 aromatic heterocycles. The molecule has 1 aliphatic heterocycles. The van der Waals surface area contributed by atoms with Crippen molar-refractivity contribution in [2.24, 2.45) is 5.41 Å². The summed E-state index contributed by atoms with van der Waals surface area (Å²) in [5.41, 5.74) is 0.933. The number of carbonyl (C=O) groups excluding carboxylic acids is 1. The van der Waals surface area contributed by atoms with Gasteiger partial charge in [0.1, 0.15) is 11.3 Å². The number of nitrogens with one attached hydrogen (secondary N) is 2. The monoisotopic (exact) mass is 434 g/mol. The lowest BCUT2D eigenvalue weighted by atomic mass is 9.88. The van der Waals surface area contributed by atoms with Crippen LogP contribution < -0.4 is 10.6 Å². The van der Waals surface area contributed by atoms with Crippen molar-refractivity contribution in [1.82, 2.24) is 10.2 Å². The van der Waals surface area contributed by atoms with Crippen LogP contribution in [0.3, 0.4) is 0 Å². The molecule has 1 amide bonds. The van der Waals surface area contributed by atoms with E-state index in [-0.39, 0.29) is 34.2 Å². The van der Waals surface area contributed by atoms with Crippen molar-refractivity contribution in [3.8, 4) is 0 Å². The third kappa shape index (κ3) is 7.38. The molecule has 2 N–H and O–H groups in total. The molecule has 31 heavy (non-hydrogen) atoms. The first-order valence-electron chi connectivity index (χ1n) is 11.0. The van der Waals surface area contributed by atoms with Crippen LogP contribution in [0.5, 0.6) is 0 Å². The fourth-order valence-electron chi connectivity index (χ4n) is 3.40. The molecule has 0 radical (unpaired) electrons. The number of amides is 1. The number of carbonyl (C=O) groups is 1. The van der Waals surface area contributed by atoms with Crippen LogP contribution in [-0.4, -0.2) is 46.7 Å². The second kappa shape index (κ2) is 9.85. The van der Waals surface area contributed by atoms with E-state index in [1.165, 1.54) is 0 Å². The lowest BCUT2D eigenvalue weighted by Gasteiger charge is -2.29. The average Bonchev–Trinajstić information content (AvgIpc) is 3.11. The lowest BCUT2D eigenvalue weighted by Crippen LogP contribution is -2.42. The molecule has 2 atom stereocenters. The average molecular weight is 435 g/mol. The van der Waals surface area contributed by atoms with Crippen LogP contribution in [-0.2, 0) is 11.3 Å². The molecule has 2 rings (SSSR count). The van der Waals surface area contributed by atoms with Crippen molar-refractivity contribution in [3.63, 3.8) is 0 Å². The van der Waals surface area contributed by atoms with Gasteiger partial charge in [0, 0.05) is 31.7 Å². The predicted octanol–water partition coefficient (Wildman–Crippen LogP) is 4.93. The Hall–Kier alpha value is -2.35. The summed E-state index contributed by atoms with van der Waals surface area (Å²) in [6.07, 6.45) is 1.40. The van der Waals surface area contributed by atoms with Gasteiger partial charge in [-0.25, -0.2) is 4.79 Å². The number of nitrogens with zero attached hydrogens (tertiary/aromatic N) is 2. The Labute approximate surface area is 185 Å². The summed E-state index contributed by atoms with van der Waals surface area (Å²) >= 11 is 0. The Balaban J connectivity index is 2.04. The molecule has 8 nitrogen and oxygen atoms in total. The van der Waals surface area contributed by atoms with Gasteiger partial charge in [-0.15, -0.1) is 0 Å². The largest absolute Gasteiger partial charge is 0.444 e. The smallest absolute Gasteiger partial charge is 0.410 e. The van der Waals surface area contributed by atoms with Crippen molar-refractivity contribution in [1.29, 1.82) is 0 Å². The quantitative estimate of drug-likeness (QED) is 0.466. The zero-order valence-corrected chi connectivity index (χ0v) is 19.9. The molecule has 0 aliphatic carbocycles. The van der Waals surface area contributed by atoms with Crippen LogP contribution in [0.1, 0.15) is 66.9 Å². The van der Waals surface area contributed by atoms with E-state index in [1.807, 2.05) is 26.8 Å². The van der Waals surface area contributed by atoms with E-state index in [0.717, 1.165) is 18.4 Å². The van der Waals surface area contributed by atoms with E-state index in [4.69, 9.17) is 4.74 Å². The van der Waals surface area contributed by atoms with Crippen LogP contribution in [0.15, 0.2) is 18.2 Å². The third-order valence-corrected chi connectivity index (χ3v) is 5.70. The highest BCUT2D eigenvalue weighted by Crippen LogP contribution is 2.28. The summed E-state index contributed by atoms with van der Waals surface area (Å²) in [7, 11) is 0. The Morgan fingerprint density at radius 1 is 1.29 bits per heavy atom. The van der Waals surface area contributed by atoms with Crippen LogP contribution in [0, 0.1) is 15.5 Å². The maximum absolute atomic E-state index is 12.5. The van der Waals surface area contributed by atoms with Gasteiger partial charge in [-0.3, -0.25) is 10.1 Å². The third-order valence-electron chi connectivity index (χ3n) is 5.70. The fraction of sp³-hybridized carbons (Fsp3) is 0.696. The van der Waals surface area contributed by atoms with E-state index in [1.54, 1.807) is 17.0 Å². The number of hydrogen-bond donors (Lipinski definition) is 2. The highest BCUT2D eigenvalue weighted by Gasteiger charge is 2.32. The Bertz CT molecular complexity index is 783. The zero-order valence-electron chi connectivity index (χ0n) is 19.9. The summed E-state index contributed by atoms with van der Waals surface area (Å²) in [6.45, 7) is 15.8. The minimum Gasteiger partial charge on any atom is -0.444 e. The number of hydrogen-bond acceptors (Lipinski definition) is 6.